The van der Waals surface area contributed by atoms with Crippen molar-refractivity contribution >= 4 is 11.9 Å². The predicted octanol–water partition coefficient (Wildman–Crippen LogP) is 3.43. The van der Waals surface area contributed by atoms with Crippen molar-refractivity contribution in [2.45, 2.75) is 13.5 Å². The van der Waals surface area contributed by atoms with Crippen molar-refractivity contribution < 1.29 is 28.5 Å². The number of carbonyl (C=O) groups excluding carboxylic acids is 1. The highest BCUT2D eigenvalue weighted by Crippen LogP contribution is 2.43. The number of ether oxygens (including phenoxy) is 5. The molecule has 7 heteroatoms. The maximum atomic E-state index is 13.0. The summed E-state index contributed by atoms with van der Waals surface area (Å²) in [5.74, 6) is 2.71. The molecule has 2 aromatic rings. The third kappa shape index (κ3) is 3.62. The van der Waals surface area contributed by atoms with Gasteiger partial charge in [0.1, 0.15) is 18.2 Å². The van der Waals surface area contributed by atoms with Gasteiger partial charge in [-0.3, -0.25) is 9.69 Å². The van der Waals surface area contributed by atoms with E-state index in [-0.39, 0.29) is 11.5 Å². The van der Waals surface area contributed by atoms with E-state index in [2.05, 4.69) is 4.90 Å². The van der Waals surface area contributed by atoms with Crippen LogP contribution in [0, 0.1) is 6.92 Å². The van der Waals surface area contributed by atoms with E-state index in [0.717, 1.165) is 29.0 Å². The van der Waals surface area contributed by atoms with Crippen LogP contribution in [-0.4, -0.2) is 51.9 Å². The topological polar surface area (TPSA) is 66.5 Å². The molecule has 0 fully saturated rings. The Morgan fingerprint density at radius 3 is 2.63 bits per heavy atom. The number of benzene rings is 2. The van der Waals surface area contributed by atoms with Crippen molar-refractivity contribution in [3.63, 3.8) is 0 Å². The highest BCUT2D eigenvalue weighted by Gasteiger charge is 2.33. The molecule has 0 saturated heterocycles. The number of Topliss-reactive ketones (excluding diaryl/α,β-unsaturated/α-hetero) is 1. The summed E-state index contributed by atoms with van der Waals surface area (Å²) >= 11 is 0. The first-order valence-corrected chi connectivity index (χ1v) is 9.72. The Balaban J connectivity index is 1.64. The van der Waals surface area contributed by atoms with Gasteiger partial charge in [-0.25, -0.2) is 0 Å². The minimum atomic E-state index is -0.139. The monoisotopic (exact) mass is 411 g/mol. The van der Waals surface area contributed by atoms with Crippen LogP contribution in [0.1, 0.15) is 27.0 Å². The van der Waals surface area contributed by atoms with E-state index in [1.807, 2.05) is 19.1 Å². The van der Waals surface area contributed by atoms with E-state index >= 15 is 0 Å². The predicted molar refractivity (Wildman–Crippen MR) is 111 cm³/mol. The lowest BCUT2D eigenvalue weighted by Crippen LogP contribution is -2.34. The SMILES string of the molecule is COCCN1COc2c(cc3c(c2C)O/C(=C\c2ccc(OC)c(OC)c2)C3=O)C1. The van der Waals surface area contributed by atoms with Crippen molar-refractivity contribution in [1.82, 2.24) is 4.90 Å². The Morgan fingerprint density at radius 2 is 1.90 bits per heavy atom. The van der Waals surface area contributed by atoms with E-state index in [4.69, 9.17) is 23.7 Å². The van der Waals surface area contributed by atoms with Gasteiger partial charge in [-0.2, -0.15) is 0 Å². The average molecular weight is 411 g/mol. The molecule has 30 heavy (non-hydrogen) atoms. The van der Waals surface area contributed by atoms with E-state index in [9.17, 15) is 4.79 Å². The highest BCUT2D eigenvalue weighted by atomic mass is 16.5. The first-order chi connectivity index (χ1) is 14.5. The molecule has 0 aromatic heterocycles. The van der Waals surface area contributed by atoms with Crippen LogP contribution >= 0.6 is 0 Å². The van der Waals surface area contributed by atoms with Crippen molar-refractivity contribution in [2.24, 2.45) is 0 Å². The van der Waals surface area contributed by atoms with Crippen LogP contribution in [0.5, 0.6) is 23.0 Å². The molecule has 2 aliphatic heterocycles. The van der Waals surface area contributed by atoms with Crippen LogP contribution in [0.4, 0.5) is 0 Å². The lowest BCUT2D eigenvalue weighted by molar-refractivity contribution is 0.0649. The number of fused-ring (bicyclic) bond motifs is 2. The van der Waals surface area contributed by atoms with Crippen LogP contribution < -0.4 is 18.9 Å². The van der Waals surface area contributed by atoms with Crippen LogP contribution in [0.3, 0.4) is 0 Å². The van der Waals surface area contributed by atoms with E-state index in [1.54, 1.807) is 39.5 Å². The molecule has 0 atom stereocenters. The van der Waals surface area contributed by atoms with Gasteiger partial charge in [0.15, 0.2) is 17.3 Å². The van der Waals surface area contributed by atoms with Gasteiger partial charge in [-0.1, -0.05) is 6.07 Å². The van der Waals surface area contributed by atoms with Crippen LogP contribution in [-0.2, 0) is 11.3 Å². The Hall–Kier alpha value is -3.03. The zero-order chi connectivity index (χ0) is 21.3. The number of allylic oxidation sites excluding steroid dienone is 1. The second kappa shape index (κ2) is 8.38. The van der Waals surface area contributed by atoms with Gasteiger partial charge < -0.3 is 23.7 Å². The number of nitrogens with zero attached hydrogens (tertiary/aromatic N) is 1. The quantitative estimate of drug-likeness (QED) is 0.675. The van der Waals surface area contributed by atoms with E-state index in [0.29, 0.717) is 42.7 Å². The molecular weight excluding hydrogens is 386 g/mol. The van der Waals surface area contributed by atoms with Gasteiger partial charge in [-0.05, 0) is 36.8 Å². The molecule has 7 nitrogen and oxygen atoms in total. The Bertz CT molecular complexity index is 1010. The van der Waals surface area contributed by atoms with Crippen molar-refractivity contribution in [3.8, 4) is 23.0 Å². The summed E-state index contributed by atoms with van der Waals surface area (Å²) in [5.41, 5.74) is 3.18. The molecule has 0 spiro atoms. The first kappa shape index (κ1) is 20.3. The van der Waals surface area contributed by atoms with E-state index in [1.165, 1.54) is 0 Å². The minimum absolute atomic E-state index is 0.139. The number of hydrogen-bond acceptors (Lipinski definition) is 7. The molecule has 0 radical (unpaired) electrons. The summed E-state index contributed by atoms with van der Waals surface area (Å²) in [6.07, 6.45) is 1.72. The number of rotatable bonds is 6. The summed E-state index contributed by atoms with van der Waals surface area (Å²) in [6, 6.07) is 7.33. The molecule has 0 N–H and O–H groups in total. The Morgan fingerprint density at radius 1 is 1.10 bits per heavy atom. The largest absolute Gasteiger partial charge is 0.493 e. The van der Waals surface area contributed by atoms with Crippen molar-refractivity contribution in [1.29, 1.82) is 0 Å². The zero-order valence-corrected chi connectivity index (χ0v) is 17.6. The molecule has 158 valence electrons. The highest BCUT2D eigenvalue weighted by molar-refractivity contribution is 6.15. The lowest BCUT2D eigenvalue weighted by atomic mass is 10.00. The smallest absolute Gasteiger partial charge is 0.231 e. The molecule has 0 unspecified atom stereocenters. The molecule has 0 bridgehead atoms. The Labute approximate surface area is 175 Å². The molecule has 0 amide bonds. The number of hydrogen-bond donors (Lipinski definition) is 0. The standard InChI is InChI=1S/C23H25NO6/c1-14-22-16(12-24(13-29-22)7-8-26-2)11-17-21(25)20(30-23(14)17)10-15-5-6-18(27-3)19(9-15)28-4/h5-6,9-11H,7-8,12-13H2,1-4H3/b20-10-. The second-order valence-corrected chi connectivity index (χ2v) is 7.24. The van der Waals surface area contributed by atoms with Crippen LogP contribution in [0.2, 0.25) is 0 Å². The fraction of sp³-hybridized carbons (Fsp3) is 0.348. The summed E-state index contributed by atoms with van der Waals surface area (Å²) < 4.78 is 27.7. The fourth-order valence-corrected chi connectivity index (χ4v) is 3.75. The van der Waals surface area contributed by atoms with Crippen molar-refractivity contribution in [3.05, 3.63) is 52.3 Å². The van der Waals surface area contributed by atoms with Crippen LogP contribution in [0.15, 0.2) is 30.0 Å². The Kier molecular flexibility index (Phi) is 5.65. The minimum Gasteiger partial charge on any atom is -0.493 e. The fourth-order valence-electron chi connectivity index (χ4n) is 3.75. The maximum absolute atomic E-state index is 13.0. The third-order valence-electron chi connectivity index (χ3n) is 5.32. The molecule has 0 saturated carbocycles. The first-order valence-electron chi connectivity index (χ1n) is 9.72. The summed E-state index contributed by atoms with van der Waals surface area (Å²) in [6.45, 7) is 4.51. The maximum Gasteiger partial charge on any atom is 0.231 e. The van der Waals surface area contributed by atoms with Crippen molar-refractivity contribution in [2.75, 3.05) is 41.2 Å². The summed E-state index contributed by atoms with van der Waals surface area (Å²) in [4.78, 5) is 15.2. The zero-order valence-electron chi connectivity index (χ0n) is 17.6. The van der Waals surface area contributed by atoms with Crippen LogP contribution in [0.25, 0.3) is 6.08 Å². The second-order valence-electron chi connectivity index (χ2n) is 7.24. The van der Waals surface area contributed by atoms with Gasteiger partial charge in [0.2, 0.25) is 5.78 Å². The lowest BCUT2D eigenvalue weighted by Gasteiger charge is -2.30. The molecule has 4 rings (SSSR count). The molecule has 2 aromatic carbocycles. The summed E-state index contributed by atoms with van der Waals surface area (Å²) in [7, 11) is 4.84. The summed E-state index contributed by atoms with van der Waals surface area (Å²) in [5, 5.41) is 0. The molecule has 2 aliphatic rings. The van der Waals surface area contributed by atoms with Gasteiger partial charge in [0.05, 0.1) is 26.4 Å². The number of methoxy groups -OCH3 is 3. The molecular formula is C23H25NO6. The number of carbonyl (C=O) groups is 1. The van der Waals surface area contributed by atoms with Gasteiger partial charge >= 0.3 is 0 Å². The van der Waals surface area contributed by atoms with E-state index < -0.39 is 0 Å². The molecule has 0 aliphatic carbocycles. The molecule has 2 heterocycles. The van der Waals surface area contributed by atoms with Gasteiger partial charge in [0.25, 0.3) is 0 Å². The number of ketones is 1. The normalized spacial score (nSPS) is 16.7. The van der Waals surface area contributed by atoms with Gasteiger partial charge in [-0.15, -0.1) is 0 Å². The third-order valence-corrected chi connectivity index (χ3v) is 5.32. The van der Waals surface area contributed by atoms with Gasteiger partial charge in [0, 0.05) is 31.3 Å². The average Bonchev–Trinajstić information content (AvgIpc) is 3.07.